The number of carboxylic acid groups (broad SMARTS) is 1. The lowest BCUT2D eigenvalue weighted by Gasteiger charge is -2.30. The lowest BCUT2D eigenvalue weighted by molar-refractivity contribution is -0.139. The van der Waals surface area contributed by atoms with E-state index in [1.807, 2.05) is 0 Å². The Balaban J connectivity index is 1.82. The summed E-state index contributed by atoms with van der Waals surface area (Å²) in [5.74, 6) is -3.25. The molecule has 0 spiro atoms. The predicted octanol–water partition coefficient (Wildman–Crippen LogP) is 2.88. The maximum absolute atomic E-state index is 12.6. The number of aliphatic carboxylic acids is 1. The summed E-state index contributed by atoms with van der Waals surface area (Å²) in [6.45, 7) is 7.90. The second-order valence-electron chi connectivity index (χ2n) is 8.36. The summed E-state index contributed by atoms with van der Waals surface area (Å²) in [7, 11) is 0. The molecule has 10 heteroatoms. The van der Waals surface area contributed by atoms with Gasteiger partial charge < -0.3 is 24.8 Å². The van der Waals surface area contributed by atoms with Crippen LogP contribution in [-0.2, 0) is 32.0 Å². The van der Waals surface area contributed by atoms with E-state index in [-0.39, 0.29) is 19.6 Å². The molecule has 2 aliphatic rings. The van der Waals surface area contributed by atoms with Crippen LogP contribution in [0.5, 0.6) is 0 Å². The molecule has 30 heavy (non-hydrogen) atoms. The van der Waals surface area contributed by atoms with Crippen LogP contribution in [0.25, 0.3) is 0 Å². The number of hydrogen-bond acceptors (Lipinski definition) is 7. The fourth-order valence-electron chi connectivity index (χ4n) is 3.36. The molecule has 164 valence electrons. The van der Waals surface area contributed by atoms with Gasteiger partial charge in [0.25, 0.3) is 0 Å². The molecule has 0 radical (unpaired) electrons. The molecule has 0 saturated heterocycles. The monoisotopic (exact) mass is 438 g/mol. The van der Waals surface area contributed by atoms with Crippen molar-refractivity contribution in [1.29, 1.82) is 0 Å². The van der Waals surface area contributed by atoms with Gasteiger partial charge in [0.05, 0.1) is 30.6 Å². The van der Waals surface area contributed by atoms with Crippen molar-refractivity contribution in [2.75, 3.05) is 18.5 Å². The Hall–Kier alpha value is -2.62. The summed E-state index contributed by atoms with van der Waals surface area (Å²) in [6, 6.07) is 0. The molecule has 0 bridgehead atoms. The number of anilines is 1. The van der Waals surface area contributed by atoms with Gasteiger partial charge in [-0.25, -0.2) is 9.59 Å². The average Bonchev–Trinajstić information content (AvgIpc) is 3.36. The van der Waals surface area contributed by atoms with Gasteiger partial charge in [0, 0.05) is 11.4 Å². The number of amides is 2. The first-order valence-electron chi connectivity index (χ1n) is 9.85. The van der Waals surface area contributed by atoms with E-state index in [4.69, 9.17) is 14.6 Å². The second-order valence-corrected chi connectivity index (χ2v) is 9.46. The molecule has 1 aliphatic heterocycles. The first-order chi connectivity index (χ1) is 14.0. The zero-order chi connectivity index (χ0) is 22.2. The zero-order valence-electron chi connectivity index (χ0n) is 17.4. The number of rotatable bonds is 5. The van der Waals surface area contributed by atoms with Crippen LogP contribution < -0.4 is 5.32 Å². The van der Waals surface area contributed by atoms with E-state index >= 15 is 0 Å². The SMILES string of the molecule is CCOC(=O)c1c(NC(=O)C2CC2C(=O)O)sc2c1CCN(C(=O)OC(C)(C)C)C2. The van der Waals surface area contributed by atoms with Gasteiger partial charge in [-0.3, -0.25) is 9.59 Å². The predicted molar refractivity (Wildman–Crippen MR) is 108 cm³/mol. The molecule has 3 rings (SSSR count). The Bertz CT molecular complexity index is 886. The van der Waals surface area contributed by atoms with E-state index in [2.05, 4.69) is 5.32 Å². The topological polar surface area (TPSA) is 122 Å². The number of nitrogens with zero attached hydrogens (tertiary/aromatic N) is 1. The minimum absolute atomic E-state index is 0.185. The Morgan fingerprint density at radius 3 is 2.50 bits per heavy atom. The fourth-order valence-corrected chi connectivity index (χ4v) is 4.61. The summed E-state index contributed by atoms with van der Waals surface area (Å²) >= 11 is 1.21. The van der Waals surface area contributed by atoms with Crippen molar-refractivity contribution in [2.24, 2.45) is 11.8 Å². The van der Waals surface area contributed by atoms with Crippen molar-refractivity contribution in [3.63, 3.8) is 0 Å². The third kappa shape index (κ3) is 4.75. The number of carbonyl (C=O) groups excluding carboxylic acids is 3. The molecule has 2 N–H and O–H groups in total. The van der Waals surface area contributed by atoms with E-state index in [9.17, 15) is 19.2 Å². The summed E-state index contributed by atoms with van der Waals surface area (Å²) in [5, 5.41) is 12.1. The average molecular weight is 439 g/mol. The molecule has 9 nitrogen and oxygen atoms in total. The zero-order valence-corrected chi connectivity index (χ0v) is 18.3. The molecule has 2 amide bonds. The Morgan fingerprint density at radius 2 is 1.93 bits per heavy atom. The van der Waals surface area contributed by atoms with Gasteiger partial charge in [0.15, 0.2) is 0 Å². The fraction of sp³-hybridized carbons (Fsp3) is 0.600. The van der Waals surface area contributed by atoms with Crippen molar-refractivity contribution < 1.29 is 33.8 Å². The molecule has 1 aromatic heterocycles. The highest BCUT2D eigenvalue weighted by Gasteiger charge is 2.48. The maximum Gasteiger partial charge on any atom is 0.410 e. The summed E-state index contributed by atoms with van der Waals surface area (Å²) in [6.07, 6.45) is 0.274. The molecule has 1 saturated carbocycles. The number of fused-ring (bicyclic) bond motifs is 1. The number of carboxylic acids is 1. The molecular formula is C20H26N2O7S. The lowest BCUT2D eigenvalue weighted by atomic mass is 10.0. The van der Waals surface area contributed by atoms with Crippen LogP contribution in [0.15, 0.2) is 0 Å². The Morgan fingerprint density at radius 1 is 1.23 bits per heavy atom. The largest absolute Gasteiger partial charge is 0.481 e. The first-order valence-corrected chi connectivity index (χ1v) is 10.7. The molecule has 2 unspecified atom stereocenters. The van der Waals surface area contributed by atoms with Gasteiger partial charge in [-0.1, -0.05) is 0 Å². The molecule has 2 heterocycles. The van der Waals surface area contributed by atoms with Gasteiger partial charge in [-0.05, 0) is 46.1 Å². The van der Waals surface area contributed by atoms with E-state index < -0.39 is 41.4 Å². The third-order valence-corrected chi connectivity index (χ3v) is 6.00. The van der Waals surface area contributed by atoms with Gasteiger partial charge in [-0.2, -0.15) is 0 Å². The van der Waals surface area contributed by atoms with Crippen molar-refractivity contribution in [1.82, 2.24) is 4.90 Å². The number of nitrogens with one attached hydrogen (secondary N) is 1. The van der Waals surface area contributed by atoms with Crippen LogP contribution in [0.3, 0.4) is 0 Å². The standard InChI is InChI=1S/C20H26N2O7S/c1-5-28-18(26)14-10-6-7-22(19(27)29-20(2,3)4)9-13(10)30-16(14)21-15(23)11-8-12(11)17(24)25/h11-12H,5-9H2,1-4H3,(H,21,23)(H,24,25). The Labute approximate surface area is 178 Å². The van der Waals surface area contributed by atoms with Crippen molar-refractivity contribution in [3.8, 4) is 0 Å². The van der Waals surface area contributed by atoms with Crippen LogP contribution in [-0.4, -0.2) is 52.7 Å². The number of thiophene rings is 1. The highest BCUT2D eigenvalue weighted by Crippen LogP contribution is 2.42. The number of ether oxygens (including phenoxy) is 2. The van der Waals surface area contributed by atoms with Crippen molar-refractivity contribution >= 4 is 40.3 Å². The van der Waals surface area contributed by atoms with E-state index in [0.29, 0.717) is 23.5 Å². The minimum Gasteiger partial charge on any atom is -0.481 e. The number of hydrogen-bond donors (Lipinski definition) is 2. The smallest absolute Gasteiger partial charge is 0.410 e. The molecule has 2 atom stereocenters. The first kappa shape index (κ1) is 22.1. The summed E-state index contributed by atoms with van der Waals surface area (Å²) in [4.78, 5) is 50.8. The van der Waals surface area contributed by atoms with Crippen LogP contribution in [0.1, 0.15) is 54.9 Å². The van der Waals surface area contributed by atoms with Crippen molar-refractivity contribution in [3.05, 3.63) is 16.0 Å². The molecular weight excluding hydrogens is 412 g/mol. The minimum atomic E-state index is -1.00. The van der Waals surface area contributed by atoms with E-state index in [1.165, 1.54) is 11.3 Å². The van der Waals surface area contributed by atoms with Gasteiger partial charge >= 0.3 is 18.0 Å². The molecule has 1 fully saturated rings. The van der Waals surface area contributed by atoms with Crippen LogP contribution in [0.4, 0.5) is 9.80 Å². The van der Waals surface area contributed by atoms with E-state index in [0.717, 1.165) is 10.4 Å². The summed E-state index contributed by atoms with van der Waals surface area (Å²) < 4.78 is 10.6. The quantitative estimate of drug-likeness (QED) is 0.678. The van der Waals surface area contributed by atoms with Crippen LogP contribution in [0, 0.1) is 11.8 Å². The molecule has 1 aliphatic carbocycles. The lowest BCUT2D eigenvalue weighted by Crippen LogP contribution is -2.39. The highest BCUT2D eigenvalue weighted by atomic mass is 32.1. The maximum atomic E-state index is 12.6. The number of esters is 1. The van der Waals surface area contributed by atoms with E-state index in [1.54, 1.807) is 32.6 Å². The second kappa shape index (κ2) is 8.25. The van der Waals surface area contributed by atoms with Gasteiger partial charge in [0.1, 0.15) is 10.6 Å². The highest BCUT2D eigenvalue weighted by molar-refractivity contribution is 7.17. The van der Waals surface area contributed by atoms with Crippen molar-refractivity contribution in [2.45, 2.75) is 52.7 Å². The third-order valence-electron chi connectivity index (χ3n) is 4.87. The normalized spacial score (nSPS) is 20.2. The molecule has 0 aromatic carbocycles. The molecule has 1 aromatic rings. The van der Waals surface area contributed by atoms with Gasteiger partial charge in [0.2, 0.25) is 5.91 Å². The van der Waals surface area contributed by atoms with Crippen LogP contribution in [0.2, 0.25) is 0 Å². The summed E-state index contributed by atoms with van der Waals surface area (Å²) in [5.41, 5.74) is 0.424. The van der Waals surface area contributed by atoms with Gasteiger partial charge in [-0.15, -0.1) is 11.3 Å². The Kier molecular flexibility index (Phi) is 6.07. The number of carbonyl (C=O) groups is 4. The van der Waals surface area contributed by atoms with Crippen LogP contribution >= 0.6 is 11.3 Å².